The maximum Gasteiger partial charge on any atom is 0.241 e. The zero-order chi connectivity index (χ0) is 30.2. The van der Waals surface area contributed by atoms with E-state index in [1.165, 1.54) is 23.3 Å². The zero-order valence-electron chi connectivity index (χ0n) is 27.2. The summed E-state index contributed by atoms with van der Waals surface area (Å²) in [5.41, 5.74) is 1.42. The van der Waals surface area contributed by atoms with Gasteiger partial charge >= 0.3 is 0 Å². The molecule has 3 unspecified atom stereocenters. The molecule has 0 aromatic carbocycles. The van der Waals surface area contributed by atoms with E-state index in [4.69, 9.17) is 0 Å². The van der Waals surface area contributed by atoms with Crippen molar-refractivity contribution in [2.45, 2.75) is 112 Å². The van der Waals surface area contributed by atoms with E-state index in [0.29, 0.717) is 23.7 Å². The third-order valence-electron chi connectivity index (χ3n) is 14.7. The molecule has 2 amide bonds. The fourth-order valence-electron chi connectivity index (χ4n) is 11.6. The van der Waals surface area contributed by atoms with Crippen LogP contribution in [0.3, 0.4) is 0 Å². The smallest absolute Gasteiger partial charge is 0.241 e. The number of amides is 2. The maximum absolute atomic E-state index is 14.2. The Bertz CT molecular complexity index is 1090. The first-order chi connectivity index (χ1) is 19.1. The molecule has 41 heavy (non-hydrogen) atoms. The lowest BCUT2D eigenvalue weighted by Gasteiger charge is -2.71. The highest BCUT2D eigenvalue weighted by molar-refractivity contribution is 5.88. The Morgan fingerprint density at radius 1 is 0.976 bits per heavy atom. The monoisotopic (exact) mass is 570 g/mol. The molecular weight excluding hydrogens is 512 g/mol. The molecule has 6 heteroatoms. The van der Waals surface area contributed by atoms with Gasteiger partial charge in [-0.25, -0.2) is 0 Å². The number of nitrogens with one attached hydrogen (secondary N) is 1. The van der Waals surface area contributed by atoms with E-state index in [-0.39, 0.29) is 65.2 Å². The molecule has 232 valence electrons. The molecule has 10 atom stereocenters. The zero-order valence-corrected chi connectivity index (χ0v) is 27.2. The van der Waals surface area contributed by atoms with Gasteiger partial charge < -0.3 is 20.4 Å². The van der Waals surface area contributed by atoms with Crippen molar-refractivity contribution in [1.29, 1.82) is 0 Å². The Kier molecular flexibility index (Phi) is 7.84. The second-order valence-corrected chi connectivity index (χ2v) is 16.4. The summed E-state index contributed by atoms with van der Waals surface area (Å²) in [6.07, 6.45) is 11.6. The van der Waals surface area contributed by atoms with Gasteiger partial charge in [0.1, 0.15) is 0 Å². The van der Waals surface area contributed by atoms with Crippen LogP contribution in [0.15, 0.2) is 11.6 Å². The Morgan fingerprint density at radius 2 is 1.68 bits per heavy atom. The molecule has 0 bridgehead atoms. The molecule has 6 nitrogen and oxygen atoms in total. The normalized spacial score (nSPS) is 46.6. The average Bonchev–Trinajstić information content (AvgIpc) is 2.92. The Morgan fingerprint density at radius 3 is 2.37 bits per heavy atom. The first-order valence-corrected chi connectivity index (χ1v) is 16.6. The van der Waals surface area contributed by atoms with Gasteiger partial charge in [-0.1, -0.05) is 60.1 Å². The molecular formula is C35H58N2O4. The molecule has 0 saturated heterocycles. The van der Waals surface area contributed by atoms with Crippen molar-refractivity contribution < 1.29 is 19.8 Å². The van der Waals surface area contributed by atoms with Crippen LogP contribution in [0, 0.1) is 56.7 Å². The Hall–Kier alpha value is -1.40. The third-order valence-corrected chi connectivity index (χ3v) is 14.7. The standard InChI is InChI=1S/C35H58N2O4/c1-22-11-16-35(30(41)36-21-28(40)37(8)19-20-38)18-17-33(6)24(29(35)23(22)2)9-10-26-32(5)14-13-27(39)31(3,4)25(32)12-15-34(26,33)7/h9,22-23,25-27,29,38-39H,10-21H2,1-8H3,(H,36,41)/t22-,23+,25?,26?,27+,29?,32+,33-,34-,35+/m1/s1. The molecule has 0 aromatic heterocycles. The quantitative estimate of drug-likeness (QED) is 0.377. The van der Waals surface area contributed by atoms with Crippen molar-refractivity contribution in [1.82, 2.24) is 10.2 Å². The van der Waals surface area contributed by atoms with E-state index >= 15 is 0 Å². The summed E-state index contributed by atoms with van der Waals surface area (Å²) in [4.78, 5) is 28.3. The number of rotatable bonds is 5. The van der Waals surface area contributed by atoms with Crippen LogP contribution in [0.25, 0.3) is 0 Å². The Labute approximate surface area is 249 Å². The van der Waals surface area contributed by atoms with E-state index in [0.717, 1.165) is 44.9 Å². The number of fused-ring (bicyclic) bond motifs is 7. The SMILES string of the molecule is C[C@@H]1CC[C@]2(C(=O)NCC(=O)N(C)CCO)CC[C@]3(C)C(=CCC4[C@@]5(C)CC[C@H](O)C(C)(C)C5CC[C@]43C)C2[C@H]1C. The molecule has 0 heterocycles. The lowest BCUT2D eigenvalue weighted by molar-refractivity contribution is -0.204. The predicted molar refractivity (Wildman–Crippen MR) is 163 cm³/mol. The van der Waals surface area contributed by atoms with Crippen LogP contribution < -0.4 is 5.32 Å². The van der Waals surface area contributed by atoms with Crippen LogP contribution in [0.5, 0.6) is 0 Å². The van der Waals surface area contributed by atoms with Gasteiger partial charge in [0.05, 0.1) is 24.7 Å². The number of hydrogen-bond acceptors (Lipinski definition) is 4. The number of carbonyl (C=O) groups excluding carboxylic acids is 2. The predicted octanol–water partition coefficient (Wildman–Crippen LogP) is 5.57. The molecule has 5 aliphatic carbocycles. The van der Waals surface area contributed by atoms with E-state index in [1.54, 1.807) is 7.05 Å². The molecule has 0 spiro atoms. The van der Waals surface area contributed by atoms with Crippen LogP contribution in [0.4, 0.5) is 0 Å². The minimum Gasteiger partial charge on any atom is -0.395 e. The summed E-state index contributed by atoms with van der Waals surface area (Å²) >= 11 is 0. The highest BCUT2D eigenvalue weighted by atomic mass is 16.3. The summed E-state index contributed by atoms with van der Waals surface area (Å²) < 4.78 is 0. The molecule has 0 aromatic rings. The fraction of sp³-hybridized carbons (Fsp3) is 0.886. The first kappa shape index (κ1) is 31.0. The van der Waals surface area contributed by atoms with Gasteiger partial charge in [0, 0.05) is 13.6 Å². The van der Waals surface area contributed by atoms with Crippen LogP contribution >= 0.6 is 0 Å². The minimum absolute atomic E-state index is 0.00871. The first-order valence-electron chi connectivity index (χ1n) is 16.6. The number of carbonyl (C=O) groups is 2. The topological polar surface area (TPSA) is 89.9 Å². The minimum atomic E-state index is -0.464. The van der Waals surface area contributed by atoms with E-state index in [1.807, 2.05) is 0 Å². The van der Waals surface area contributed by atoms with Crippen LogP contribution in [-0.4, -0.2) is 59.8 Å². The number of aliphatic hydroxyl groups is 2. The summed E-state index contributed by atoms with van der Waals surface area (Å²) in [5.74, 6) is 2.16. The van der Waals surface area contributed by atoms with Crippen molar-refractivity contribution in [3.63, 3.8) is 0 Å². The number of nitrogens with zero attached hydrogens (tertiary/aromatic N) is 1. The van der Waals surface area contributed by atoms with Crippen molar-refractivity contribution in [2.24, 2.45) is 56.7 Å². The number of hydrogen-bond donors (Lipinski definition) is 3. The molecule has 4 saturated carbocycles. The van der Waals surface area contributed by atoms with Gasteiger partial charge in [-0.2, -0.15) is 0 Å². The van der Waals surface area contributed by atoms with Gasteiger partial charge in [-0.15, -0.1) is 0 Å². The summed E-state index contributed by atoms with van der Waals surface area (Å²) in [5, 5.41) is 23.3. The molecule has 3 N–H and O–H groups in total. The number of aliphatic hydroxyl groups excluding tert-OH is 2. The van der Waals surface area contributed by atoms with Gasteiger partial charge in [0.2, 0.25) is 11.8 Å². The van der Waals surface area contributed by atoms with Crippen molar-refractivity contribution in [3.8, 4) is 0 Å². The lowest BCUT2D eigenvalue weighted by atomic mass is 9.33. The van der Waals surface area contributed by atoms with Gasteiger partial charge in [-0.05, 0) is 109 Å². The second-order valence-electron chi connectivity index (χ2n) is 16.4. The fourth-order valence-corrected chi connectivity index (χ4v) is 11.6. The summed E-state index contributed by atoms with van der Waals surface area (Å²) in [6.45, 7) is 17.2. The average molecular weight is 571 g/mol. The maximum atomic E-state index is 14.2. The van der Waals surface area contributed by atoms with Crippen molar-refractivity contribution >= 4 is 11.8 Å². The van der Waals surface area contributed by atoms with Crippen molar-refractivity contribution in [2.75, 3.05) is 26.7 Å². The summed E-state index contributed by atoms with van der Waals surface area (Å²) in [6, 6.07) is 0. The van der Waals surface area contributed by atoms with Crippen LogP contribution in [0.1, 0.15) is 106 Å². The Balaban J connectivity index is 1.50. The van der Waals surface area contributed by atoms with Crippen molar-refractivity contribution in [3.05, 3.63) is 11.6 Å². The highest BCUT2D eigenvalue weighted by Crippen LogP contribution is 2.75. The molecule has 5 aliphatic rings. The molecule has 0 aliphatic heterocycles. The van der Waals surface area contributed by atoms with E-state index in [9.17, 15) is 19.8 Å². The van der Waals surface area contributed by atoms with E-state index in [2.05, 4.69) is 59.9 Å². The van der Waals surface area contributed by atoms with Crippen LogP contribution in [0.2, 0.25) is 0 Å². The molecule has 5 rings (SSSR count). The second kappa shape index (κ2) is 10.4. The van der Waals surface area contributed by atoms with Gasteiger partial charge in [0.15, 0.2) is 0 Å². The van der Waals surface area contributed by atoms with Gasteiger partial charge in [-0.3, -0.25) is 9.59 Å². The molecule has 0 radical (unpaired) electrons. The molecule has 4 fully saturated rings. The third kappa shape index (κ3) is 4.30. The summed E-state index contributed by atoms with van der Waals surface area (Å²) in [7, 11) is 1.68. The lowest BCUT2D eigenvalue weighted by Crippen LogP contribution is -2.66. The van der Waals surface area contributed by atoms with E-state index < -0.39 is 5.41 Å². The number of allylic oxidation sites excluding steroid dienone is 2. The highest BCUT2D eigenvalue weighted by Gasteiger charge is 2.69. The van der Waals surface area contributed by atoms with Crippen LogP contribution in [-0.2, 0) is 9.59 Å². The van der Waals surface area contributed by atoms with Gasteiger partial charge in [0.25, 0.3) is 0 Å². The number of likely N-dealkylation sites (N-methyl/N-ethyl adjacent to an activating group) is 1. The largest absolute Gasteiger partial charge is 0.395 e.